The van der Waals surface area contributed by atoms with E-state index in [-0.39, 0.29) is 4.61 Å². The zero-order chi connectivity index (χ0) is 4.71. The van der Waals surface area contributed by atoms with Crippen LogP contribution in [0.25, 0.3) is 0 Å². The van der Waals surface area contributed by atoms with Crippen LogP contribution in [0.3, 0.4) is 0 Å². The van der Waals surface area contributed by atoms with Crippen LogP contribution in [0.15, 0.2) is 13.2 Å². The first-order valence-electron chi connectivity index (χ1n) is 1.08. The van der Waals surface area contributed by atoms with Crippen molar-refractivity contribution in [3.8, 4) is 0 Å². The Bertz CT molecular complexity index is 10.9. The summed E-state index contributed by atoms with van der Waals surface area (Å²) in [5.74, 6) is 0. The average molecular weight is 186 g/mol. The van der Waals surface area contributed by atoms with E-state index in [4.69, 9.17) is 5.11 Å². The van der Waals surface area contributed by atoms with E-state index in [0.29, 0.717) is 0 Å². The van der Waals surface area contributed by atoms with Crippen LogP contribution in [0.1, 0.15) is 0 Å². The van der Waals surface area contributed by atoms with Crippen molar-refractivity contribution in [2.45, 2.75) is 0 Å². The number of hydrogen-bond donors (Lipinski definition) is 1. The Morgan fingerprint density at radius 3 is 1.60 bits per heavy atom. The van der Waals surface area contributed by atoms with E-state index in [1.54, 1.807) is 0 Å². The summed E-state index contributed by atoms with van der Waals surface area (Å²) in [6, 6.07) is 0. The molecular weight excluding hydrogens is 179 g/mol. The second kappa shape index (κ2) is 25.5. The summed E-state index contributed by atoms with van der Waals surface area (Å²) in [5.41, 5.74) is 0. The van der Waals surface area contributed by atoms with Crippen LogP contribution < -0.4 is 0 Å². The van der Waals surface area contributed by atoms with Gasteiger partial charge in [0.15, 0.2) is 0 Å². The Balaban J connectivity index is 0. The van der Waals surface area contributed by atoms with E-state index in [9.17, 15) is 0 Å². The van der Waals surface area contributed by atoms with E-state index in [2.05, 4.69) is 13.2 Å². The molecule has 0 aliphatic heterocycles. The normalized spacial score (nSPS) is 4.40. The van der Waals surface area contributed by atoms with Crippen molar-refractivity contribution in [2.24, 2.45) is 0 Å². The molecule has 5 heavy (non-hydrogen) atoms. The lowest BCUT2D eigenvalue weighted by molar-refractivity contribution is 0.388. The molecule has 0 aliphatic carbocycles. The van der Waals surface area contributed by atoms with Gasteiger partial charge in [-0.15, -0.1) is 13.2 Å². The molecule has 0 spiro atoms. The van der Waals surface area contributed by atoms with E-state index < -0.39 is 0 Å². The number of alkyl halides is 1. The molecule has 0 saturated carbocycles. The molecule has 2 heteroatoms. The minimum atomic E-state index is 0.220. The molecule has 0 bridgehead atoms. The third kappa shape index (κ3) is 141. The molecule has 0 aliphatic rings. The highest BCUT2D eigenvalue weighted by Gasteiger charge is 1.37. The highest BCUT2D eigenvalue weighted by Crippen LogP contribution is 1.64. The van der Waals surface area contributed by atoms with Crippen molar-refractivity contribution < 1.29 is 5.11 Å². The summed E-state index contributed by atoms with van der Waals surface area (Å²) in [6.07, 6.45) is 0. The van der Waals surface area contributed by atoms with Crippen molar-refractivity contribution in [1.29, 1.82) is 0 Å². The zero-order valence-electron chi connectivity index (χ0n) is 2.95. The first kappa shape index (κ1) is 9.06. The van der Waals surface area contributed by atoms with Crippen molar-refractivity contribution >= 4 is 22.6 Å². The molecule has 0 aromatic rings. The fourth-order valence-corrected chi connectivity index (χ4v) is 0. The Kier molecular flexibility index (Phi) is 46.2. The summed E-state index contributed by atoms with van der Waals surface area (Å²) in [4.78, 5) is 0. The summed E-state index contributed by atoms with van der Waals surface area (Å²) >= 11 is 1.84. The van der Waals surface area contributed by atoms with Crippen LogP contribution in [0, 0.1) is 0 Å². The van der Waals surface area contributed by atoms with Crippen LogP contribution in [0.5, 0.6) is 0 Å². The van der Waals surface area contributed by atoms with Crippen LogP contribution in [-0.2, 0) is 0 Å². The van der Waals surface area contributed by atoms with Gasteiger partial charge in [0.1, 0.15) is 0 Å². The van der Waals surface area contributed by atoms with Gasteiger partial charge >= 0.3 is 0 Å². The Labute approximate surface area is 45.8 Å². The molecule has 32 valence electrons. The predicted molar refractivity (Wildman–Crippen MR) is 32.4 cm³/mol. The average Bonchev–Trinajstić information content (AvgIpc) is 1.46. The topological polar surface area (TPSA) is 20.2 Å². The maximum absolute atomic E-state index is 7.56. The lowest BCUT2D eigenvalue weighted by atomic mass is 11.3. The van der Waals surface area contributed by atoms with Gasteiger partial charge in [-0.3, -0.25) is 0 Å². The number of rotatable bonds is 0. The van der Waals surface area contributed by atoms with Crippen LogP contribution >= 0.6 is 22.6 Å². The fraction of sp³-hybridized carbons (Fsp3) is 0.333. The third-order valence-electron chi connectivity index (χ3n) is 0. The Morgan fingerprint density at radius 2 is 1.60 bits per heavy atom. The van der Waals surface area contributed by atoms with Gasteiger partial charge in [-0.1, -0.05) is 22.6 Å². The van der Waals surface area contributed by atoms with Crippen molar-refractivity contribution in [1.82, 2.24) is 0 Å². The van der Waals surface area contributed by atoms with Gasteiger partial charge < -0.3 is 5.11 Å². The Hall–Kier alpha value is 0.430. The molecule has 0 aromatic heterocycles. The number of halogens is 1. The van der Waals surface area contributed by atoms with Gasteiger partial charge in [0, 0.05) is 0 Å². The number of hydrogen-bond acceptors (Lipinski definition) is 1. The fourth-order valence-electron chi connectivity index (χ4n) is 0. The van der Waals surface area contributed by atoms with Gasteiger partial charge in [0.05, 0.1) is 4.61 Å². The predicted octanol–water partition coefficient (Wildman–Crippen LogP) is 1.17. The largest absolute Gasteiger partial charge is 0.386 e. The minimum Gasteiger partial charge on any atom is -0.386 e. The molecule has 1 nitrogen and oxygen atoms in total. The van der Waals surface area contributed by atoms with E-state index in [1.807, 2.05) is 22.6 Å². The van der Waals surface area contributed by atoms with Crippen LogP contribution in [0.4, 0.5) is 0 Å². The molecule has 0 aromatic carbocycles. The molecule has 0 fully saturated rings. The smallest absolute Gasteiger partial charge is 0.0944 e. The van der Waals surface area contributed by atoms with E-state index in [1.165, 1.54) is 0 Å². The van der Waals surface area contributed by atoms with Crippen molar-refractivity contribution in [3.63, 3.8) is 0 Å². The van der Waals surface area contributed by atoms with Gasteiger partial charge in [-0.25, -0.2) is 0 Å². The van der Waals surface area contributed by atoms with Crippen molar-refractivity contribution in [2.75, 3.05) is 4.61 Å². The molecule has 0 unspecified atom stereocenters. The third-order valence-corrected chi connectivity index (χ3v) is 0. The molecule has 0 atom stereocenters. The van der Waals surface area contributed by atoms with E-state index >= 15 is 0 Å². The summed E-state index contributed by atoms with van der Waals surface area (Å²) in [6.45, 7) is 6.00. The zero-order valence-corrected chi connectivity index (χ0v) is 5.10. The lowest BCUT2D eigenvalue weighted by Gasteiger charge is -1.50. The summed E-state index contributed by atoms with van der Waals surface area (Å²) in [7, 11) is 0. The van der Waals surface area contributed by atoms with Gasteiger partial charge in [0.25, 0.3) is 0 Å². The first-order chi connectivity index (χ1) is 2.41. The molecule has 0 radical (unpaired) electrons. The highest BCUT2D eigenvalue weighted by atomic mass is 127. The standard InChI is InChI=1S/C2H4.CH3IO/c1-2;2-1-3/h1-2H2;3H,1H2. The van der Waals surface area contributed by atoms with Gasteiger partial charge in [-0.05, 0) is 0 Å². The monoisotopic (exact) mass is 186 g/mol. The van der Waals surface area contributed by atoms with Gasteiger partial charge in [0.2, 0.25) is 0 Å². The number of aliphatic hydroxyl groups excluding tert-OH is 1. The molecule has 0 amide bonds. The molecule has 0 rings (SSSR count). The molecular formula is C3H7IO. The molecule has 0 saturated heterocycles. The maximum atomic E-state index is 7.56. The van der Waals surface area contributed by atoms with Crippen LogP contribution in [0.2, 0.25) is 0 Å². The molecule has 1 N–H and O–H groups in total. The molecule has 0 heterocycles. The van der Waals surface area contributed by atoms with E-state index in [0.717, 1.165) is 0 Å². The quantitative estimate of drug-likeness (QED) is 0.342. The Morgan fingerprint density at radius 1 is 1.60 bits per heavy atom. The second-order valence-electron chi connectivity index (χ2n) is 0.120. The lowest BCUT2D eigenvalue weighted by Crippen LogP contribution is -1.47. The van der Waals surface area contributed by atoms with Crippen LogP contribution in [-0.4, -0.2) is 9.72 Å². The number of aliphatic hydroxyl groups is 1. The second-order valence-corrected chi connectivity index (χ2v) is 0.802. The summed E-state index contributed by atoms with van der Waals surface area (Å²) < 4.78 is 0.220. The SMILES string of the molecule is C=C.OCI. The highest BCUT2D eigenvalue weighted by molar-refractivity contribution is 14.1. The minimum absolute atomic E-state index is 0.220. The van der Waals surface area contributed by atoms with Crippen molar-refractivity contribution in [3.05, 3.63) is 13.2 Å². The summed E-state index contributed by atoms with van der Waals surface area (Å²) in [5, 5.41) is 7.56. The maximum Gasteiger partial charge on any atom is 0.0944 e. The van der Waals surface area contributed by atoms with Gasteiger partial charge in [-0.2, -0.15) is 0 Å². The first-order valence-corrected chi connectivity index (χ1v) is 2.61.